The van der Waals surface area contributed by atoms with Crippen molar-refractivity contribution in [3.63, 3.8) is 0 Å². The van der Waals surface area contributed by atoms with Crippen LogP contribution in [0.2, 0.25) is 0 Å². The summed E-state index contributed by atoms with van der Waals surface area (Å²) in [5.74, 6) is 1.27. The topological polar surface area (TPSA) is 73.6 Å². The van der Waals surface area contributed by atoms with Gasteiger partial charge >= 0.3 is 0 Å². The minimum absolute atomic E-state index is 0.129. The van der Waals surface area contributed by atoms with E-state index in [0.29, 0.717) is 24.5 Å². The number of hydrogen-bond acceptors (Lipinski definition) is 4. The van der Waals surface area contributed by atoms with Crippen LogP contribution in [0.15, 0.2) is 16.6 Å². The number of benzene rings is 1. The first-order valence-electron chi connectivity index (χ1n) is 6.23. The second-order valence-corrected chi connectivity index (χ2v) is 5.28. The van der Waals surface area contributed by atoms with E-state index in [4.69, 9.17) is 15.2 Å². The van der Waals surface area contributed by atoms with E-state index >= 15 is 0 Å². The van der Waals surface area contributed by atoms with E-state index < -0.39 is 6.04 Å². The zero-order valence-electron chi connectivity index (χ0n) is 10.7. The average molecular weight is 329 g/mol. The number of carbonyl (C=O) groups is 1. The highest BCUT2D eigenvalue weighted by Crippen LogP contribution is 2.39. The van der Waals surface area contributed by atoms with E-state index in [1.807, 2.05) is 19.1 Å². The lowest BCUT2D eigenvalue weighted by Crippen LogP contribution is -2.40. The molecular weight excluding hydrogens is 312 g/mol. The van der Waals surface area contributed by atoms with Crippen molar-refractivity contribution >= 4 is 21.8 Å². The zero-order chi connectivity index (χ0) is 13.8. The Balaban J connectivity index is 1.97. The number of halogens is 1. The maximum atomic E-state index is 11.7. The van der Waals surface area contributed by atoms with Crippen LogP contribution in [0.3, 0.4) is 0 Å². The third-order valence-corrected chi connectivity index (χ3v) is 3.48. The van der Waals surface area contributed by atoms with Crippen LogP contribution in [-0.4, -0.2) is 18.7 Å². The van der Waals surface area contributed by atoms with Gasteiger partial charge in [0.1, 0.15) is 0 Å². The van der Waals surface area contributed by atoms with Crippen LogP contribution in [-0.2, 0) is 11.3 Å². The number of ether oxygens (including phenoxy) is 2. The molecule has 1 aromatic rings. The monoisotopic (exact) mass is 328 g/mol. The molecule has 0 radical (unpaired) electrons. The molecule has 0 aliphatic carbocycles. The Bertz CT molecular complexity index is 479. The summed E-state index contributed by atoms with van der Waals surface area (Å²) in [7, 11) is 0. The highest BCUT2D eigenvalue weighted by Gasteiger charge is 2.18. The van der Waals surface area contributed by atoms with Crippen LogP contribution in [0.4, 0.5) is 0 Å². The summed E-state index contributed by atoms with van der Waals surface area (Å²) >= 11 is 3.42. The number of carbonyl (C=O) groups excluding carboxylic acids is 1. The molecule has 3 N–H and O–H groups in total. The molecule has 1 aliphatic heterocycles. The summed E-state index contributed by atoms with van der Waals surface area (Å²) in [5, 5.41) is 2.82. The number of nitrogens with two attached hydrogens (primary N) is 1. The lowest BCUT2D eigenvalue weighted by atomic mass is 10.1. The fraction of sp³-hybridized carbons (Fsp3) is 0.462. The lowest BCUT2D eigenvalue weighted by molar-refractivity contribution is -0.122. The first-order chi connectivity index (χ1) is 9.11. The van der Waals surface area contributed by atoms with Gasteiger partial charge in [0.25, 0.3) is 0 Å². The van der Waals surface area contributed by atoms with E-state index in [1.54, 1.807) is 0 Å². The average Bonchev–Trinajstić information content (AvgIpc) is 2.85. The van der Waals surface area contributed by atoms with E-state index in [2.05, 4.69) is 21.2 Å². The van der Waals surface area contributed by atoms with Gasteiger partial charge in [-0.05, 0) is 40.0 Å². The summed E-state index contributed by atoms with van der Waals surface area (Å²) in [6.07, 6.45) is 1.58. The van der Waals surface area contributed by atoms with Crippen LogP contribution >= 0.6 is 15.9 Å². The molecule has 1 heterocycles. The van der Waals surface area contributed by atoms with Crippen molar-refractivity contribution in [2.45, 2.75) is 32.4 Å². The van der Waals surface area contributed by atoms with E-state index in [1.165, 1.54) is 0 Å². The summed E-state index contributed by atoms with van der Waals surface area (Å²) < 4.78 is 11.5. The number of rotatable bonds is 5. The van der Waals surface area contributed by atoms with Crippen LogP contribution in [0.5, 0.6) is 11.5 Å². The van der Waals surface area contributed by atoms with Crippen molar-refractivity contribution in [3.05, 3.63) is 22.2 Å². The van der Waals surface area contributed by atoms with Crippen molar-refractivity contribution in [2.75, 3.05) is 6.79 Å². The Morgan fingerprint density at radius 3 is 3.05 bits per heavy atom. The summed E-state index contributed by atoms with van der Waals surface area (Å²) in [6, 6.07) is 3.32. The molecule has 19 heavy (non-hydrogen) atoms. The van der Waals surface area contributed by atoms with Crippen molar-refractivity contribution in [3.8, 4) is 11.5 Å². The Kier molecular flexibility index (Phi) is 4.66. The zero-order valence-corrected chi connectivity index (χ0v) is 12.3. The molecule has 0 saturated carbocycles. The Morgan fingerprint density at radius 1 is 1.53 bits per heavy atom. The third kappa shape index (κ3) is 3.39. The summed E-state index contributed by atoms with van der Waals surface area (Å²) in [6.45, 7) is 2.65. The van der Waals surface area contributed by atoms with Gasteiger partial charge in [0.2, 0.25) is 12.7 Å². The fourth-order valence-corrected chi connectivity index (χ4v) is 2.49. The summed E-state index contributed by atoms with van der Waals surface area (Å²) in [4.78, 5) is 11.7. The highest BCUT2D eigenvalue weighted by atomic mass is 79.9. The maximum absolute atomic E-state index is 11.7. The quantitative estimate of drug-likeness (QED) is 0.866. The minimum Gasteiger partial charge on any atom is -0.454 e. The highest BCUT2D eigenvalue weighted by molar-refractivity contribution is 9.10. The van der Waals surface area contributed by atoms with Crippen molar-refractivity contribution in [1.29, 1.82) is 0 Å². The lowest BCUT2D eigenvalue weighted by Gasteiger charge is -2.11. The van der Waals surface area contributed by atoms with Crippen molar-refractivity contribution in [2.24, 2.45) is 5.73 Å². The largest absolute Gasteiger partial charge is 0.454 e. The molecule has 5 nitrogen and oxygen atoms in total. The second-order valence-electron chi connectivity index (χ2n) is 4.42. The molecule has 1 aromatic carbocycles. The van der Waals surface area contributed by atoms with Crippen LogP contribution in [0.25, 0.3) is 0 Å². The molecule has 0 aromatic heterocycles. The van der Waals surface area contributed by atoms with E-state index in [-0.39, 0.29) is 12.7 Å². The smallest absolute Gasteiger partial charge is 0.237 e. The predicted molar refractivity (Wildman–Crippen MR) is 75.0 cm³/mol. The molecule has 0 spiro atoms. The molecule has 1 atom stereocenters. The number of fused-ring (bicyclic) bond motifs is 1. The number of hydrogen-bond donors (Lipinski definition) is 2. The maximum Gasteiger partial charge on any atom is 0.237 e. The normalized spacial score (nSPS) is 14.3. The van der Waals surface area contributed by atoms with E-state index in [0.717, 1.165) is 16.5 Å². The third-order valence-electron chi connectivity index (χ3n) is 2.89. The summed E-state index contributed by atoms with van der Waals surface area (Å²) in [5.41, 5.74) is 6.68. The Hall–Kier alpha value is -1.27. The first kappa shape index (κ1) is 14.1. The molecule has 0 fully saturated rings. The molecule has 0 bridgehead atoms. The molecule has 1 unspecified atom stereocenters. The molecule has 1 amide bonds. The Labute approximate surface area is 120 Å². The van der Waals surface area contributed by atoms with Crippen LogP contribution < -0.4 is 20.5 Å². The van der Waals surface area contributed by atoms with Crippen LogP contribution in [0.1, 0.15) is 25.3 Å². The molecule has 2 rings (SSSR count). The number of amides is 1. The second kappa shape index (κ2) is 6.25. The molecule has 0 saturated heterocycles. The molecular formula is C13H17BrN2O3. The van der Waals surface area contributed by atoms with E-state index in [9.17, 15) is 4.79 Å². The predicted octanol–water partition coefficient (Wildman–Crippen LogP) is 1.92. The standard InChI is InChI=1S/C13H17BrN2O3/c1-2-3-10(15)13(17)16-6-8-4-9(14)12-11(5-8)18-7-19-12/h4-5,10H,2-3,6-7,15H2,1H3,(H,16,17). The van der Waals surface area contributed by atoms with Crippen LogP contribution in [0, 0.1) is 0 Å². The van der Waals surface area contributed by atoms with Gasteiger partial charge in [-0.25, -0.2) is 0 Å². The molecule has 6 heteroatoms. The van der Waals surface area contributed by atoms with Gasteiger partial charge < -0.3 is 20.5 Å². The SMILES string of the molecule is CCCC(N)C(=O)NCc1cc(Br)c2c(c1)OCO2. The van der Waals surface area contributed by atoms with Gasteiger partial charge in [0, 0.05) is 6.54 Å². The van der Waals surface area contributed by atoms with Gasteiger partial charge in [-0.2, -0.15) is 0 Å². The van der Waals surface area contributed by atoms with Crippen molar-refractivity contribution in [1.82, 2.24) is 5.32 Å². The Morgan fingerprint density at radius 2 is 2.32 bits per heavy atom. The van der Waals surface area contributed by atoms with Gasteiger partial charge in [0.15, 0.2) is 11.5 Å². The van der Waals surface area contributed by atoms with Gasteiger partial charge in [-0.15, -0.1) is 0 Å². The van der Waals surface area contributed by atoms with Gasteiger partial charge in [0.05, 0.1) is 10.5 Å². The molecule has 1 aliphatic rings. The first-order valence-corrected chi connectivity index (χ1v) is 7.02. The minimum atomic E-state index is -0.442. The van der Waals surface area contributed by atoms with Gasteiger partial charge in [-0.1, -0.05) is 13.3 Å². The van der Waals surface area contributed by atoms with Crippen molar-refractivity contribution < 1.29 is 14.3 Å². The fourth-order valence-electron chi connectivity index (χ4n) is 1.89. The van der Waals surface area contributed by atoms with Gasteiger partial charge in [-0.3, -0.25) is 4.79 Å². The molecule has 104 valence electrons. The number of nitrogens with one attached hydrogen (secondary N) is 1.